The third-order valence-electron chi connectivity index (χ3n) is 3.66. The zero-order valence-corrected chi connectivity index (χ0v) is 12.2. The van der Waals surface area contributed by atoms with Gasteiger partial charge in [0.25, 0.3) is 0 Å². The molecule has 1 amide bonds. The molecule has 0 aliphatic carbocycles. The molecule has 1 aromatic carbocycles. The number of hydrogen-bond donors (Lipinski definition) is 3. The number of aliphatic hydroxyl groups excluding tert-OH is 1. The summed E-state index contributed by atoms with van der Waals surface area (Å²) in [5, 5.41) is 15.2. The number of nitrogens with zero attached hydrogens (tertiary/aromatic N) is 1. The van der Waals surface area contributed by atoms with Gasteiger partial charge in [0.15, 0.2) is 0 Å². The normalized spacial score (nSPS) is 21.3. The van der Waals surface area contributed by atoms with E-state index in [0.717, 1.165) is 6.42 Å². The summed E-state index contributed by atoms with van der Waals surface area (Å²) in [5.74, 6) is -0.326. The topological polar surface area (TPSA) is 64.6 Å². The number of carbonyl (C=O) groups is 1. The molecular formula is C15H22FN3O2. The molecule has 0 bridgehead atoms. The van der Waals surface area contributed by atoms with Crippen molar-refractivity contribution in [1.82, 2.24) is 10.6 Å². The van der Waals surface area contributed by atoms with Gasteiger partial charge < -0.3 is 20.6 Å². The number of rotatable bonds is 6. The first kappa shape index (κ1) is 15.7. The molecular weight excluding hydrogens is 273 g/mol. The van der Waals surface area contributed by atoms with Crippen molar-refractivity contribution in [2.45, 2.75) is 25.0 Å². The number of hydrogen-bond acceptors (Lipinski definition) is 4. The van der Waals surface area contributed by atoms with E-state index in [4.69, 9.17) is 0 Å². The summed E-state index contributed by atoms with van der Waals surface area (Å²) in [7, 11) is 1.83. The number of carbonyl (C=O) groups excluding carboxylic acids is 1. The molecule has 116 valence electrons. The predicted octanol–water partition coefficient (Wildman–Crippen LogP) is 0.491. The third-order valence-corrected chi connectivity index (χ3v) is 3.66. The lowest BCUT2D eigenvalue weighted by Gasteiger charge is -2.20. The molecule has 2 rings (SSSR count). The fourth-order valence-electron chi connectivity index (χ4n) is 2.45. The standard InChI is InChI=1S/C15H22FN3O2/c1-19(14-6-3-2-5-12(14)16)8-4-7-17-15(21)13-9-11(20)10-18-13/h2-3,5-6,11,13,18,20H,4,7-10H2,1H3,(H,17,21). The SMILES string of the molecule is CN(CCCNC(=O)C1CC(O)CN1)c1ccccc1F. The quantitative estimate of drug-likeness (QED) is 0.668. The van der Waals surface area contributed by atoms with Crippen molar-refractivity contribution < 1.29 is 14.3 Å². The highest BCUT2D eigenvalue weighted by Crippen LogP contribution is 2.16. The second-order valence-electron chi connectivity index (χ2n) is 5.37. The van der Waals surface area contributed by atoms with Crippen LogP contribution < -0.4 is 15.5 Å². The van der Waals surface area contributed by atoms with E-state index in [1.165, 1.54) is 6.07 Å². The van der Waals surface area contributed by atoms with Crippen molar-refractivity contribution >= 4 is 11.6 Å². The summed E-state index contributed by atoms with van der Waals surface area (Å²) in [4.78, 5) is 13.6. The van der Waals surface area contributed by atoms with E-state index in [2.05, 4.69) is 10.6 Å². The van der Waals surface area contributed by atoms with Crippen molar-refractivity contribution in [2.24, 2.45) is 0 Å². The Kier molecular flexibility index (Phi) is 5.52. The maximum Gasteiger partial charge on any atom is 0.237 e. The highest BCUT2D eigenvalue weighted by molar-refractivity contribution is 5.82. The zero-order chi connectivity index (χ0) is 15.2. The molecule has 1 heterocycles. The van der Waals surface area contributed by atoms with Gasteiger partial charge in [-0.05, 0) is 25.0 Å². The molecule has 1 fully saturated rings. The van der Waals surface area contributed by atoms with E-state index in [1.807, 2.05) is 11.9 Å². The van der Waals surface area contributed by atoms with E-state index in [9.17, 15) is 14.3 Å². The monoisotopic (exact) mass is 295 g/mol. The zero-order valence-electron chi connectivity index (χ0n) is 12.2. The van der Waals surface area contributed by atoms with Gasteiger partial charge in [0.2, 0.25) is 5.91 Å². The lowest BCUT2D eigenvalue weighted by atomic mass is 10.2. The molecule has 0 spiro atoms. The minimum Gasteiger partial charge on any atom is -0.392 e. The van der Waals surface area contributed by atoms with E-state index in [-0.39, 0.29) is 17.8 Å². The van der Waals surface area contributed by atoms with Crippen molar-refractivity contribution in [3.63, 3.8) is 0 Å². The number of amides is 1. The van der Waals surface area contributed by atoms with Gasteiger partial charge in [-0.15, -0.1) is 0 Å². The van der Waals surface area contributed by atoms with Crippen LogP contribution in [0.5, 0.6) is 0 Å². The van der Waals surface area contributed by atoms with E-state index >= 15 is 0 Å². The molecule has 2 unspecified atom stereocenters. The molecule has 1 aromatic rings. The van der Waals surface area contributed by atoms with Crippen LogP contribution in [-0.2, 0) is 4.79 Å². The number of nitrogens with one attached hydrogen (secondary N) is 2. The minimum absolute atomic E-state index is 0.0832. The van der Waals surface area contributed by atoms with Gasteiger partial charge in [0.05, 0.1) is 17.8 Å². The molecule has 3 N–H and O–H groups in total. The minimum atomic E-state index is -0.437. The van der Waals surface area contributed by atoms with E-state index in [1.54, 1.807) is 18.2 Å². The van der Waals surface area contributed by atoms with Crippen LogP contribution in [0.25, 0.3) is 0 Å². The van der Waals surface area contributed by atoms with Crippen LogP contribution in [0.4, 0.5) is 10.1 Å². The summed E-state index contributed by atoms with van der Waals surface area (Å²) < 4.78 is 13.6. The number of benzene rings is 1. The average molecular weight is 295 g/mol. The van der Waals surface area contributed by atoms with E-state index in [0.29, 0.717) is 31.7 Å². The fourth-order valence-corrected chi connectivity index (χ4v) is 2.45. The number of aliphatic hydroxyl groups is 1. The molecule has 5 nitrogen and oxygen atoms in total. The smallest absolute Gasteiger partial charge is 0.237 e. The second-order valence-corrected chi connectivity index (χ2v) is 5.37. The van der Waals surface area contributed by atoms with Gasteiger partial charge >= 0.3 is 0 Å². The first-order valence-electron chi connectivity index (χ1n) is 7.22. The Bertz CT molecular complexity index is 484. The summed E-state index contributed by atoms with van der Waals surface area (Å²) >= 11 is 0. The lowest BCUT2D eigenvalue weighted by molar-refractivity contribution is -0.122. The van der Waals surface area contributed by atoms with Gasteiger partial charge in [0, 0.05) is 26.7 Å². The fraction of sp³-hybridized carbons (Fsp3) is 0.533. The summed E-state index contributed by atoms with van der Waals surface area (Å²) in [5.41, 5.74) is 0.560. The predicted molar refractivity (Wildman–Crippen MR) is 79.7 cm³/mol. The Morgan fingerprint density at radius 1 is 1.52 bits per heavy atom. The number of para-hydroxylation sites is 1. The van der Waals surface area contributed by atoms with Crippen molar-refractivity contribution in [3.05, 3.63) is 30.1 Å². The van der Waals surface area contributed by atoms with Gasteiger partial charge in [0.1, 0.15) is 5.82 Å². The average Bonchev–Trinajstić information content (AvgIpc) is 2.90. The Balaban J connectivity index is 1.68. The molecule has 0 radical (unpaired) electrons. The van der Waals surface area contributed by atoms with Crippen LogP contribution in [0.15, 0.2) is 24.3 Å². The van der Waals surface area contributed by atoms with Crippen molar-refractivity contribution in [1.29, 1.82) is 0 Å². The third kappa shape index (κ3) is 4.41. The number of halogens is 1. The maximum absolute atomic E-state index is 13.6. The van der Waals surface area contributed by atoms with Crippen LogP contribution in [0.2, 0.25) is 0 Å². The highest BCUT2D eigenvalue weighted by atomic mass is 19.1. The number of anilines is 1. The summed E-state index contributed by atoms with van der Waals surface area (Å²) in [6, 6.07) is 6.33. The van der Waals surface area contributed by atoms with Gasteiger partial charge in [-0.3, -0.25) is 4.79 Å². The van der Waals surface area contributed by atoms with Crippen molar-refractivity contribution in [2.75, 3.05) is 31.6 Å². The molecule has 2 atom stereocenters. The Hall–Kier alpha value is -1.66. The molecule has 21 heavy (non-hydrogen) atoms. The molecule has 0 saturated carbocycles. The molecule has 1 saturated heterocycles. The number of β-amino-alcohol motifs (C(OH)–C–C–N with tert-alkyl or cyclic N) is 1. The van der Waals surface area contributed by atoms with Crippen LogP contribution in [-0.4, -0.2) is 49.8 Å². The Morgan fingerprint density at radius 2 is 2.29 bits per heavy atom. The van der Waals surface area contributed by atoms with Crippen LogP contribution in [0, 0.1) is 5.82 Å². The molecule has 1 aliphatic heterocycles. The second kappa shape index (κ2) is 7.38. The summed E-state index contributed by atoms with van der Waals surface area (Å²) in [6.07, 6.45) is 0.750. The Labute approximate surface area is 124 Å². The van der Waals surface area contributed by atoms with Crippen LogP contribution in [0.1, 0.15) is 12.8 Å². The highest BCUT2D eigenvalue weighted by Gasteiger charge is 2.27. The lowest BCUT2D eigenvalue weighted by Crippen LogP contribution is -2.41. The molecule has 1 aliphatic rings. The first-order chi connectivity index (χ1) is 10.1. The van der Waals surface area contributed by atoms with Crippen molar-refractivity contribution in [3.8, 4) is 0 Å². The van der Waals surface area contributed by atoms with Gasteiger partial charge in [-0.25, -0.2) is 4.39 Å². The van der Waals surface area contributed by atoms with Gasteiger partial charge in [-0.1, -0.05) is 12.1 Å². The largest absolute Gasteiger partial charge is 0.392 e. The van der Waals surface area contributed by atoms with Gasteiger partial charge in [-0.2, -0.15) is 0 Å². The molecule has 6 heteroatoms. The maximum atomic E-state index is 13.6. The molecule has 0 aromatic heterocycles. The van der Waals surface area contributed by atoms with E-state index < -0.39 is 6.10 Å². The first-order valence-corrected chi connectivity index (χ1v) is 7.22. The van der Waals surface area contributed by atoms with Crippen LogP contribution >= 0.6 is 0 Å². The summed E-state index contributed by atoms with van der Waals surface area (Å²) in [6.45, 7) is 1.65. The van der Waals surface area contributed by atoms with Crippen LogP contribution in [0.3, 0.4) is 0 Å². The Morgan fingerprint density at radius 3 is 2.95 bits per heavy atom.